The number of aromatic nitrogens is 2. The number of amides is 1. The highest BCUT2D eigenvalue weighted by Gasteiger charge is 2.45. The summed E-state index contributed by atoms with van der Waals surface area (Å²) >= 11 is 0. The number of ether oxygens (including phenoxy) is 2. The van der Waals surface area contributed by atoms with E-state index in [1.54, 1.807) is 23.6 Å². The number of aliphatic hydroxyl groups is 1. The summed E-state index contributed by atoms with van der Waals surface area (Å²) in [5.74, 6) is -0.261. The minimum absolute atomic E-state index is 0.0953. The maximum absolute atomic E-state index is 13.6. The normalized spacial score (nSPS) is 22.7. The van der Waals surface area contributed by atoms with Crippen molar-refractivity contribution in [3.63, 3.8) is 0 Å². The van der Waals surface area contributed by atoms with Crippen LogP contribution in [0.2, 0.25) is 0 Å². The van der Waals surface area contributed by atoms with Crippen LogP contribution in [0.15, 0.2) is 29.1 Å². The molecule has 1 amide bonds. The fraction of sp³-hybridized carbons (Fsp3) is 0.529. The van der Waals surface area contributed by atoms with Gasteiger partial charge in [-0.1, -0.05) is 13.8 Å². The van der Waals surface area contributed by atoms with Gasteiger partial charge in [-0.15, -0.1) is 0 Å². The highest BCUT2D eigenvalue weighted by atomic mass is 16.6. The van der Waals surface area contributed by atoms with Crippen LogP contribution in [0.25, 0.3) is 22.3 Å². The zero-order valence-corrected chi connectivity index (χ0v) is 25.9. The van der Waals surface area contributed by atoms with E-state index in [1.807, 2.05) is 17.0 Å². The molecule has 3 aromatic rings. The first-order valence-corrected chi connectivity index (χ1v) is 16.1. The summed E-state index contributed by atoms with van der Waals surface area (Å²) in [5.41, 5.74) is 2.39. The van der Waals surface area contributed by atoms with Crippen molar-refractivity contribution in [3.8, 4) is 17.1 Å². The standard InChI is InChI=1S/C34H41N4O6/c1-4-23-24-17-22(44-33(41)36-13-11-21(12-14-36)38(3)15-7-6-8-16-38)9-10-28(24)35-30-25(23)19-37-29(30)18-27-26(31(37)39)20-43-32(40)34(27,42)5-2/h9-10,17-18,21,42H,4-8,11-16,19-20H2,1-3H3/q+1/t34-/m0/s1. The number of likely N-dealkylation sites (tertiary alicyclic amines) is 2. The van der Waals surface area contributed by atoms with E-state index in [1.165, 1.54) is 32.4 Å². The Balaban J connectivity index is 1.16. The smallest absolute Gasteiger partial charge is 0.415 e. The predicted octanol–water partition coefficient (Wildman–Crippen LogP) is 4.24. The van der Waals surface area contributed by atoms with Crippen molar-refractivity contribution in [2.75, 3.05) is 33.2 Å². The molecule has 0 bridgehead atoms. The van der Waals surface area contributed by atoms with E-state index in [0.717, 1.165) is 39.4 Å². The number of carbonyl (C=O) groups is 2. The number of rotatable bonds is 4. The van der Waals surface area contributed by atoms with Crippen LogP contribution in [0.1, 0.15) is 74.6 Å². The summed E-state index contributed by atoms with van der Waals surface area (Å²) in [7, 11) is 2.38. The number of piperidine rings is 2. The summed E-state index contributed by atoms with van der Waals surface area (Å²) in [5, 5.41) is 12.1. The van der Waals surface area contributed by atoms with Crippen molar-refractivity contribution in [2.24, 2.45) is 0 Å². The Hall–Kier alpha value is -3.76. The third-order valence-corrected chi connectivity index (χ3v) is 10.8. The SMILES string of the molecule is CCc1c2c(nc3ccc(OC(=O)N4CCC([N+]5(C)CCCCC5)CC4)cc13)-c1cc3c(c(=O)n1C2)COC(=O)[C@]3(O)CC. The Morgan fingerprint density at radius 2 is 1.86 bits per heavy atom. The second-order valence-corrected chi connectivity index (χ2v) is 13.1. The van der Waals surface area contributed by atoms with E-state index in [9.17, 15) is 19.5 Å². The molecule has 10 nitrogen and oxygen atoms in total. The van der Waals surface area contributed by atoms with Gasteiger partial charge in [0.15, 0.2) is 5.60 Å². The van der Waals surface area contributed by atoms with Crippen molar-refractivity contribution in [2.45, 2.75) is 83.6 Å². The molecule has 2 saturated heterocycles. The number of hydrogen-bond donors (Lipinski definition) is 1. The van der Waals surface area contributed by atoms with Gasteiger partial charge in [0.25, 0.3) is 5.56 Å². The van der Waals surface area contributed by atoms with Crippen molar-refractivity contribution >= 4 is 23.0 Å². The fourth-order valence-electron chi connectivity index (χ4n) is 8.05. The average molecular weight is 602 g/mol. The lowest BCUT2D eigenvalue weighted by molar-refractivity contribution is -0.938. The second kappa shape index (κ2) is 10.7. The van der Waals surface area contributed by atoms with Crippen LogP contribution >= 0.6 is 0 Å². The number of cyclic esters (lactones) is 1. The number of fused-ring (bicyclic) bond motifs is 5. The number of hydrogen-bond acceptors (Lipinski definition) is 7. The molecule has 7 rings (SSSR count). The van der Waals surface area contributed by atoms with E-state index >= 15 is 0 Å². The van der Waals surface area contributed by atoms with Crippen LogP contribution in [0.4, 0.5) is 4.79 Å². The molecule has 0 radical (unpaired) electrons. The number of benzene rings is 1. The number of quaternary nitrogens is 1. The van der Waals surface area contributed by atoms with Crippen LogP contribution in [0.5, 0.6) is 5.75 Å². The lowest BCUT2D eigenvalue weighted by Gasteiger charge is -2.47. The predicted molar refractivity (Wildman–Crippen MR) is 164 cm³/mol. The first-order valence-electron chi connectivity index (χ1n) is 16.1. The zero-order chi connectivity index (χ0) is 30.8. The lowest BCUT2D eigenvalue weighted by atomic mass is 9.86. The molecule has 2 aromatic heterocycles. The van der Waals surface area contributed by atoms with Crippen molar-refractivity contribution in [1.29, 1.82) is 0 Å². The second-order valence-electron chi connectivity index (χ2n) is 13.1. The van der Waals surface area contributed by atoms with E-state index in [0.29, 0.717) is 60.4 Å². The van der Waals surface area contributed by atoms with Gasteiger partial charge in [-0.25, -0.2) is 14.6 Å². The lowest BCUT2D eigenvalue weighted by Crippen LogP contribution is -2.58. The molecular formula is C34H41N4O6+. The molecule has 10 heteroatoms. The van der Waals surface area contributed by atoms with Gasteiger partial charge < -0.3 is 28.5 Å². The molecule has 4 aliphatic rings. The Morgan fingerprint density at radius 3 is 2.57 bits per heavy atom. The van der Waals surface area contributed by atoms with Crippen molar-refractivity contribution < 1.29 is 28.7 Å². The Labute approximate surface area is 256 Å². The van der Waals surface area contributed by atoms with Crippen LogP contribution < -0.4 is 10.3 Å². The molecule has 0 saturated carbocycles. The maximum atomic E-state index is 13.6. The molecule has 0 spiro atoms. The highest BCUT2D eigenvalue weighted by Crippen LogP contribution is 2.41. The fourth-order valence-corrected chi connectivity index (χ4v) is 8.05. The molecule has 1 N–H and O–H groups in total. The maximum Gasteiger partial charge on any atom is 0.415 e. The molecule has 6 heterocycles. The van der Waals surface area contributed by atoms with Crippen molar-refractivity contribution in [1.82, 2.24) is 14.5 Å². The first kappa shape index (κ1) is 29.0. The molecule has 44 heavy (non-hydrogen) atoms. The van der Waals surface area contributed by atoms with E-state index in [2.05, 4.69) is 14.0 Å². The summed E-state index contributed by atoms with van der Waals surface area (Å²) < 4.78 is 13.9. The van der Waals surface area contributed by atoms with Crippen LogP contribution in [0.3, 0.4) is 0 Å². The van der Waals surface area contributed by atoms with Gasteiger partial charge in [0.1, 0.15) is 12.4 Å². The van der Waals surface area contributed by atoms with Crippen LogP contribution in [0, 0.1) is 0 Å². The highest BCUT2D eigenvalue weighted by molar-refractivity contribution is 5.90. The summed E-state index contributed by atoms with van der Waals surface area (Å²) in [4.78, 5) is 46.1. The van der Waals surface area contributed by atoms with E-state index in [4.69, 9.17) is 14.5 Å². The zero-order valence-electron chi connectivity index (χ0n) is 25.9. The van der Waals surface area contributed by atoms with Crippen LogP contribution in [-0.2, 0) is 34.7 Å². The van der Waals surface area contributed by atoms with Gasteiger partial charge in [0, 0.05) is 42.4 Å². The molecule has 1 aromatic carbocycles. The first-order chi connectivity index (χ1) is 21.2. The van der Waals surface area contributed by atoms with E-state index in [-0.39, 0.29) is 24.7 Å². The third kappa shape index (κ3) is 4.44. The van der Waals surface area contributed by atoms with Gasteiger partial charge in [0.05, 0.1) is 55.2 Å². The summed E-state index contributed by atoms with van der Waals surface area (Å²) in [6, 6.07) is 7.84. The molecule has 0 aliphatic carbocycles. The minimum Gasteiger partial charge on any atom is -0.458 e. The molecule has 232 valence electrons. The number of esters is 1. The topological polar surface area (TPSA) is 111 Å². The Kier molecular flexibility index (Phi) is 7.05. The molecule has 1 atom stereocenters. The monoisotopic (exact) mass is 601 g/mol. The molecule has 2 fully saturated rings. The van der Waals surface area contributed by atoms with Gasteiger partial charge in [-0.3, -0.25) is 4.79 Å². The Bertz CT molecular complexity index is 1730. The number of pyridine rings is 2. The number of carbonyl (C=O) groups excluding carboxylic acids is 2. The molecule has 4 aliphatic heterocycles. The van der Waals surface area contributed by atoms with Gasteiger partial charge in [-0.2, -0.15) is 0 Å². The quantitative estimate of drug-likeness (QED) is 0.275. The number of aryl methyl sites for hydroxylation is 1. The number of nitrogens with zero attached hydrogens (tertiary/aromatic N) is 4. The minimum atomic E-state index is -1.86. The summed E-state index contributed by atoms with van der Waals surface area (Å²) in [6.07, 6.45) is 6.38. The van der Waals surface area contributed by atoms with Crippen LogP contribution in [-0.4, -0.2) is 75.4 Å². The van der Waals surface area contributed by atoms with Gasteiger partial charge in [0.2, 0.25) is 0 Å². The largest absolute Gasteiger partial charge is 0.458 e. The van der Waals surface area contributed by atoms with Gasteiger partial charge in [-0.05, 0) is 61.9 Å². The Morgan fingerprint density at radius 1 is 1.11 bits per heavy atom. The van der Waals surface area contributed by atoms with Gasteiger partial charge >= 0.3 is 12.1 Å². The summed E-state index contributed by atoms with van der Waals surface area (Å²) in [6.45, 7) is 7.82. The molecule has 0 unspecified atom stereocenters. The molecular weight excluding hydrogens is 560 g/mol. The average Bonchev–Trinajstić information content (AvgIpc) is 3.41. The van der Waals surface area contributed by atoms with E-state index < -0.39 is 11.6 Å². The van der Waals surface area contributed by atoms with Crippen molar-refractivity contribution in [3.05, 3.63) is 56.9 Å². The third-order valence-electron chi connectivity index (χ3n) is 10.8.